The van der Waals surface area contributed by atoms with Crippen molar-refractivity contribution in [1.29, 1.82) is 0 Å². The van der Waals surface area contributed by atoms with Gasteiger partial charge >= 0.3 is 0 Å². The highest BCUT2D eigenvalue weighted by atomic mass is 79.9. The summed E-state index contributed by atoms with van der Waals surface area (Å²) < 4.78 is 13.7. The summed E-state index contributed by atoms with van der Waals surface area (Å²) in [6, 6.07) is 3.06. The molecule has 0 fully saturated rings. The van der Waals surface area contributed by atoms with E-state index in [0.717, 1.165) is 5.56 Å². The van der Waals surface area contributed by atoms with Crippen LogP contribution in [0.25, 0.3) is 0 Å². The number of amides is 1. The second kappa shape index (κ2) is 4.88. The molecule has 0 aliphatic heterocycles. The third kappa shape index (κ3) is 3.02. The Balaban J connectivity index is 2.99. The van der Waals surface area contributed by atoms with Crippen LogP contribution in [0.15, 0.2) is 21.8 Å². The van der Waals surface area contributed by atoms with Gasteiger partial charge in [0.2, 0.25) is 0 Å². The largest absolute Gasteiger partial charge is 0.411 e. The molecule has 80 valence electrons. The fraction of sp³-hybridized carbons (Fsp3) is 0.111. The molecule has 0 saturated carbocycles. The summed E-state index contributed by atoms with van der Waals surface area (Å²) in [5.74, 6) is -1.27. The molecule has 0 aliphatic rings. The summed E-state index contributed by atoms with van der Waals surface area (Å²) in [7, 11) is 0. The molecule has 0 aromatic heterocycles. The van der Waals surface area contributed by atoms with E-state index in [1.807, 2.05) is 0 Å². The molecule has 1 aromatic rings. The van der Waals surface area contributed by atoms with Crippen LogP contribution in [0.4, 0.5) is 10.1 Å². The quantitative estimate of drug-likeness (QED) is 0.494. The Bertz CT molecular complexity index is 421. The molecule has 0 radical (unpaired) electrons. The number of nitrogens with zero attached hydrogens (tertiary/aromatic N) is 1. The highest BCUT2D eigenvalue weighted by molar-refractivity contribution is 9.10. The Morgan fingerprint density at radius 3 is 2.93 bits per heavy atom. The summed E-state index contributed by atoms with van der Waals surface area (Å²) in [5, 5.41) is 12.9. The lowest BCUT2D eigenvalue weighted by Crippen LogP contribution is -2.14. The third-order valence-electron chi connectivity index (χ3n) is 1.61. The van der Waals surface area contributed by atoms with Crippen LogP contribution in [0.3, 0.4) is 0 Å². The van der Waals surface area contributed by atoms with Crippen LogP contribution in [0.1, 0.15) is 5.56 Å². The number of rotatable bonds is 2. The number of anilines is 1. The Hall–Kier alpha value is -1.43. The predicted octanol–water partition coefficient (Wildman–Crippen LogP) is 2.30. The predicted molar refractivity (Wildman–Crippen MR) is 57.7 cm³/mol. The standard InChI is InChI=1S/C9H8BrFN2O2/c1-5-2-6(10)9(11)7(3-5)13-8(14)4-12-15/h2-4,15H,1H3,(H,13,14)/b12-4+. The maximum atomic E-state index is 13.4. The zero-order valence-corrected chi connectivity index (χ0v) is 9.38. The maximum Gasteiger partial charge on any atom is 0.270 e. The number of carbonyl (C=O) groups excluding carboxylic acids is 1. The van der Waals surface area contributed by atoms with Gasteiger partial charge in [-0.1, -0.05) is 5.16 Å². The van der Waals surface area contributed by atoms with E-state index >= 15 is 0 Å². The summed E-state index contributed by atoms with van der Waals surface area (Å²) in [6.07, 6.45) is 0.648. The number of hydrogen-bond donors (Lipinski definition) is 2. The number of hydrogen-bond acceptors (Lipinski definition) is 3. The molecule has 0 saturated heterocycles. The van der Waals surface area contributed by atoms with Crippen molar-refractivity contribution >= 4 is 33.7 Å². The van der Waals surface area contributed by atoms with Gasteiger partial charge in [0.25, 0.3) is 5.91 Å². The number of aryl methyl sites for hydroxylation is 1. The van der Waals surface area contributed by atoms with Crippen LogP contribution in [-0.2, 0) is 4.79 Å². The molecule has 1 rings (SSSR count). The Morgan fingerprint density at radius 2 is 2.33 bits per heavy atom. The average Bonchev–Trinajstić information content (AvgIpc) is 2.13. The second-order valence-electron chi connectivity index (χ2n) is 2.84. The van der Waals surface area contributed by atoms with E-state index in [2.05, 4.69) is 26.4 Å². The molecule has 15 heavy (non-hydrogen) atoms. The number of nitrogens with one attached hydrogen (secondary N) is 1. The van der Waals surface area contributed by atoms with E-state index in [-0.39, 0.29) is 10.2 Å². The van der Waals surface area contributed by atoms with E-state index < -0.39 is 11.7 Å². The first kappa shape index (κ1) is 11.6. The fourth-order valence-electron chi connectivity index (χ4n) is 1.03. The van der Waals surface area contributed by atoms with Gasteiger partial charge in [-0.3, -0.25) is 4.79 Å². The van der Waals surface area contributed by atoms with Gasteiger partial charge in [-0.2, -0.15) is 0 Å². The highest BCUT2D eigenvalue weighted by Crippen LogP contribution is 2.24. The van der Waals surface area contributed by atoms with Crippen LogP contribution in [0.5, 0.6) is 0 Å². The molecular formula is C9H8BrFN2O2. The summed E-state index contributed by atoms with van der Waals surface area (Å²) in [5.41, 5.74) is 0.825. The second-order valence-corrected chi connectivity index (χ2v) is 3.70. The molecule has 0 heterocycles. The van der Waals surface area contributed by atoms with Crippen LogP contribution in [0, 0.1) is 12.7 Å². The number of oxime groups is 1. The minimum absolute atomic E-state index is 0.0341. The molecule has 0 spiro atoms. The van der Waals surface area contributed by atoms with Crippen molar-refractivity contribution < 1.29 is 14.4 Å². The number of carbonyl (C=O) groups is 1. The lowest BCUT2D eigenvalue weighted by atomic mass is 10.2. The van der Waals surface area contributed by atoms with E-state index in [4.69, 9.17) is 5.21 Å². The molecule has 1 aromatic carbocycles. The van der Waals surface area contributed by atoms with Crippen molar-refractivity contribution in [3.8, 4) is 0 Å². The van der Waals surface area contributed by atoms with Crippen molar-refractivity contribution in [2.45, 2.75) is 6.92 Å². The van der Waals surface area contributed by atoms with Gasteiger partial charge in [-0.15, -0.1) is 0 Å². The van der Waals surface area contributed by atoms with Gasteiger partial charge in [0, 0.05) is 0 Å². The van der Waals surface area contributed by atoms with Crippen LogP contribution < -0.4 is 5.32 Å². The van der Waals surface area contributed by atoms with Crippen LogP contribution in [-0.4, -0.2) is 17.3 Å². The van der Waals surface area contributed by atoms with E-state index in [1.54, 1.807) is 13.0 Å². The van der Waals surface area contributed by atoms with Crippen molar-refractivity contribution in [2.24, 2.45) is 5.16 Å². The molecule has 0 aliphatic carbocycles. The summed E-state index contributed by atoms with van der Waals surface area (Å²) in [6.45, 7) is 1.76. The number of benzene rings is 1. The Kier molecular flexibility index (Phi) is 3.79. The molecule has 0 bridgehead atoms. The lowest BCUT2D eigenvalue weighted by Gasteiger charge is -2.06. The monoisotopic (exact) mass is 274 g/mol. The summed E-state index contributed by atoms with van der Waals surface area (Å²) >= 11 is 3.02. The molecule has 6 heteroatoms. The van der Waals surface area contributed by atoms with Gasteiger partial charge in [0.05, 0.1) is 10.2 Å². The molecule has 1 amide bonds. The minimum atomic E-state index is -0.700. The van der Waals surface area contributed by atoms with Crippen molar-refractivity contribution in [1.82, 2.24) is 0 Å². The van der Waals surface area contributed by atoms with E-state index in [0.29, 0.717) is 6.21 Å². The third-order valence-corrected chi connectivity index (χ3v) is 2.18. The average molecular weight is 275 g/mol. The van der Waals surface area contributed by atoms with Crippen molar-refractivity contribution in [2.75, 3.05) is 5.32 Å². The molecule has 0 atom stereocenters. The van der Waals surface area contributed by atoms with Gasteiger partial charge in [-0.25, -0.2) is 4.39 Å². The fourth-order valence-corrected chi connectivity index (χ4v) is 1.61. The zero-order valence-electron chi connectivity index (χ0n) is 7.79. The van der Waals surface area contributed by atoms with Crippen molar-refractivity contribution in [3.63, 3.8) is 0 Å². The van der Waals surface area contributed by atoms with Crippen molar-refractivity contribution in [3.05, 3.63) is 28.0 Å². The van der Waals surface area contributed by atoms with Gasteiger partial charge in [-0.05, 0) is 40.5 Å². The van der Waals surface area contributed by atoms with E-state index in [9.17, 15) is 9.18 Å². The molecule has 0 unspecified atom stereocenters. The minimum Gasteiger partial charge on any atom is -0.411 e. The van der Waals surface area contributed by atoms with Crippen LogP contribution in [0.2, 0.25) is 0 Å². The Labute approximate surface area is 93.9 Å². The summed E-state index contributed by atoms with van der Waals surface area (Å²) in [4.78, 5) is 11.0. The highest BCUT2D eigenvalue weighted by Gasteiger charge is 2.09. The Morgan fingerprint density at radius 1 is 1.67 bits per heavy atom. The first-order chi connectivity index (χ1) is 7.04. The molecule has 4 nitrogen and oxygen atoms in total. The zero-order chi connectivity index (χ0) is 11.4. The SMILES string of the molecule is Cc1cc(Br)c(F)c(NC(=O)/C=N/O)c1. The maximum absolute atomic E-state index is 13.4. The molecule has 2 N–H and O–H groups in total. The van der Waals surface area contributed by atoms with Crippen LogP contribution >= 0.6 is 15.9 Å². The van der Waals surface area contributed by atoms with Gasteiger partial charge < -0.3 is 10.5 Å². The molecular weight excluding hydrogens is 267 g/mol. The topological polar surface area (TPSA) is 61.7 Å². The normalized spacial score (nSPS) is 10.6. The van der Waals surface area contributed by atoms with Gasteiger partial charge in [0.1, 0.15) is 6.21 Å². The van der Waals surface area contributed by atoms with Gasteiger partial charge in [0.15, 0.2) is 5.82 Å². The lowest BCUT2D eigenvalue weighted by molar-refractivity contribution is -0.110. The first-order valence-corrected chi connectivity index (χ1v) is 4.78. The first-order valence-electron chi connectivity index (χ1n) is 3.98. The smallest absolute Gasteiger partial charge is 0.270 e. The number of halogens is 2. The van der Waals surface area contributed by atoms with E-state index in [1.165, 1.54) is 6.07 Å².